The fraction of sp³-hybridized carbons (Fsp3) is 0.154. The van der Waals surface area contributed by atoms with E-state index in [1.807, 2.05) is 61.8 Å². The maximum atomic E-state index is 14.5. The lowest BCUT2D eigenvalue weighted by Gasteiger charge is -2.15. The highest BCUT2D eigenvalue weighted by Crippen LogP contribution is 2.27. The molecule has 0 amide bonds. The first-order valence-electron chi connectivity index (χ1n) is 10.7. The molecule has 0 aliphatic rings. The predicted molar refractivity (Wildman–Crippen MR) is 127 cm³/mol. The Morgan fingerprint density at radius 3 is 2.48 bits per heavy atom. The number of nitrogens with one attached hydrogen (secondary N) is 1. The number of nitrogens with zero attached hydrogens (tertiary/aromatic N) is 4. The van der Waals surface area contributed by atoms with Gasteiger partial charge in [-0.15, -0.1) is 0 Å². The van der Waals surface area contributed by atoms with Crippen LogP contribution in [0.5, 0.6) is 5.75 Å². The van der Waals surface area contributed by atoms with Crippen molar-refractivity contribution in [1.29, 1.82) is 0 Å². The van der Waals surface area contributed by atoms with Gasteiger partial charge in [-0.25, -0.2) is 14.1 Å². The SMILES string of the molecule is COc1ccc(-c2nn(-c3ccccc3F)cc2CN(C)Cc2nc3ccccc3[nH]2)cc1. The van der Waals surface area contributed by atoms with Gasteiger partial charge in [0.15, 0.2) is 0 Å². The molecule has 2 aromatic heterocycles. The molecule has 0 aliphatic heterocycles. The van der Waals surface area contributed by atoms with E-state index >= 15 is 0 Å². The van der Waals surface area contributed by atoms with Crippen molar-refractivity contribution in [2.24, 2.45) is 0 Å². The van der Waals surface area contributed by atoms with Gasteiger partial charge in [0.05, 0.1) is 30.4 Å². The second-order valence-electron chi connectivity index (χ2n) is 8.00. The van der Waals surface area contributed by atoms with Gasteiger partial charge in [0.2, 0.25) is 0 Å². The molecule has 6 nitrogen and oxygen atoms in total. The molecule has 0 saturated heterocycles. The summed E-state index contributed by atoms with van der Waals surface area (Å²) < 4.78 is 21.4. The third-order valence-corrected chi connectivity index (χ3v) is 5.55. The first-order chi connectivity index (χ1) is 16.1. The van der Waals surface area contributed by atoms with Crippen LogP contribution < -0.4 is 4.74 Å². The average Bonchev–Trinajstić information content (AvgIpc) is 3.43. The molecule has 5 aromatic rings. The minimum absolute atomic E-state index is 0.316. The molecule has 166 valence electrons. The summed E-state index contributed by atoms with van der Waals surface area (Å²) in [5.41, 5.74) is 5.12. The predicted octanol–water partition coefficient (Wildman–Crippen LogP) is 5.20. The number of fused-ring (bicyclic) bond motifs is 1. The van der Waals surface area contributed by atoms with Crippen molar-refractivity contribution >= 4 is 11.0 Å². The molecule has 0 atom stereocenters. The summed E-state index contributed by atoms with van der Waals surface area (Å²) in [5, 5.41) is 4.75. The van der Waals surface area contributed by atoms with Gasteiger partial charge in [0, 0.05) is 23.9 Å². The van der Waals surface area contributed by atoms with Gasteiger partial charge >= 0.3 is 0 Å². The van der Waals surface area contributed by atoms with Crippen molar-refractivity contribution < 1.29 is 9.13 Å². The lowest BCUT2D eigenvalue weighted by atomic mass is 10.1. The third kappa shape index (κ3) is 4.36. The number of hydrogen-bond acceptors (Lipinski definition) is 4. The van der Waals surface area contributed by atoms with E-state index < -0.39 is 0 Å². The van der Waals surface area contributed by atoms with Gasteiger partial charge in [0.25, 0.3) is 0 Å². The molecule has 33 heavy (non-hydrogen) atoms. The zero-order valence-corrected chi connectivity index (χ0v) is 18.5. The molecule has 0 saturated carbocycles. The van der Waals surface area contributed by atoms with Gasteiger partial charge in [-0.2, -0.15) is 5.10 Å². The number of imidazole rings is 1. The fourth-order valence-electron chi connectivity index (χ4n) is 3.96. The molecule has 1 N–H and O–H groups in total. The quantitative estimate of drug-likeness (QED) is 0.377. The number of halogens is 1. The Hall–Kier alpha value is -3.97. The number of hydrogen-bond donors (Lipinski definition) is 1. The van der Waals surface area contributed by atoms with Crippen molar-refractivity contribution in [3.8, 4) is 22.7 Å². The van der Waals surface area contributed by atoms with Crippen molar-refractivity contribution in [2.75, 3.05) is 14.2 Å². The molecular formula is C26H24FN5O. The van der Waals surface area contributed by atoms with E-state index in [4.69, 9.17) is 9.84 Å². The van der Waals surface area contributed by atoms with E-state index in [-0.39, 0.29) is 5.82 Å². The molecule has 0 fully saturated rings. The van der Waals surface area contributed by atoms with Crippen LogP contribution in [-0.4, -0.2) is 38.8 Å². The molecular weight excluding hydrogens is 417 g/mol. The lowest BCUT2D eigenvalue weighted by molar-refractivity contribution is 0.312. The Morgan fingerprint density at radius 1 is 0.970 bits per heavy atom. The molecule has 0 unspecified atom stereocenters. The van der Waals surface area contributed by atoms with Crippen LogP contribution in [0.3, 0.4) is 0 Å². The normalized spacial score (nSPS) is 11.4. The van der Waals surface area contributed by atoms with Crippen LogP contribution >= 0.6 is 0 Å². The average molecular weight is 442 g/mol. The third-order valence-electron chi connectivity index (χ3n) is 5.55. The first-order valence-corrected chi connectivity index (χ1v) is 10.7. The highest BCUT2D eigenvalue weighted by molar-refractivity contribution is 5.74. The Balaban J connectivity index is 1.46. The van der Waals surface area contributed by atoms with Crippen molar-refractivity contribution in [3.05, 3.63) is 96.2 Å². The largest absolute Gasteiger partial charge is 0.497 e. The molecule has 0 bridgehead atoms. The summed E-state index contributed by atoms with van der Waals surface area (Å²) in [5.74, 6) is 1.35. The molecule has 2 heterocycles. The number of rotatable bonds is 7. The van der Waals surface area contributed by atoms with E-state index in [9.17, 15) is 4.39 Å². The zero-order chi connectivity index (χ0) is 22.8. The number of H-pyrrole nitrogens is 1. The maximum absolute atomic E-state index is 14.5. The second-order valence-corrected chi connectivity index (χ2v) is 8.00. The Labute approximate surface area is 191 Å². The molecule has 0 spiro atoms. The highest BCUT2D eigenvalue weighted by Gasteiger charge is 2.16. The Bertz CT molecular complexity index is 1360. The van der Waals surface area contributed by atoms with Gasteiger partial charge < -0.3 is 9.72 Å². The minimum Gasteiger partial charge on any atom is -0.497 e. The van der Waals surface area contributed by atoms with E-state index in [0.29, 0.717) is 18.8 Å². The highest BCUT2D eigenvalue weighted by atomic mass is 19.1. The molecule has 5 rings (SSSR count). The Kier molecular flexibility index (Phi) is 5.62. The van der Waals surface area contributed by atoms with Gasteiger partial charge in [0.1, 0.15) is 23.1 Å². The number of benzene rings is 3. The summed E-state index contributed by atoms with van der Waals surface area (Å²) >= 11 is 0. The standard InChI is InChI=1S/C26H24FN5O/c1-31(17-25-28-22-8-4-5-9-23(22)29-25)15-19-16-32(24-10-6-3-7-21(24)27)30-26(19)18-11-13-20(33-2)14-12-18/h3-14,16H,15,17H2,1-2H3,(H,28,29). The summed E-state index contributed by atoms with van der Waals surface area (Å²) in [6.45, 7) is 1.26. The van der Waals surface area contributed by atoms with Crippen LogP contribution in [0.2, 0.25) is 0 Å². The minimum atomic E-state index is -0.316. The van der Waals surface area contributed by atoms with Crippen LogP contribution in [0.4, 0.5) is 4.39 Å². The van der Waals surface area contributed by atoms with Crippen LogP contribution in [-0.2, 0) is 13.1 Å². The van der Waals surface area contributed by atoms with Crippen LogP contribution in [0.15, 0.2) is 79.0 Å². The van der Waals surface area contributed by atoms with Gasteiger partial charge in [-0.05, 0) is 55.6 Å². The number of para-hydroxylation sites is 3. The van der Waals surface area contributed by atoms with Crippen LogP contribution in [0.1, 0.15) is 11.4 Å². The molecule has 0 radical (unpaired) electrons. The lowest BCUT2D eigenvalue weighted by Crippen LogP contribution is -2.18. The fourth-order valence-corrected chi connectivity index (χ4v) is 3.96. The summed E-state index contributed by atoms with van der Waals surface area (Å²) in [6.07, 6.45) is 1.90. The topological polar surface area (TPSA) is 59.0 Å². The first kappa shape index (κ1) is 20.9. The van der Waals surface area contributed by atoms with Crippen molar-refractivity contribution in [3.63, 3.8) is 0 Å². The van der Waals surface area contributed by atoms with Crippen LogP contribution in [0.25, 0.3) is 28.0 Å². The van der Waals surface area contributed by atoms with E-state index in [1.165, 1.54) is 6.07 Å². The Morgan fingerprint density at radius 2 is 1.73 bits per heavy atom. The maximum Gasteiger partial charge on any atom is 0.148 e. The summed E-state index contributed by atoms with van der Waals surface area (Å²) in [4.78, 5) is 10.2. The van der Waals surface area contributed by atoms with Crippen molar-refractivity contribution in [1.82, 2.24) is 24.6 Å². The van der Waals surface area contributed by atoms with Crippen molar-refractivity contribution in [2.45, 2.75) is 13.1 Å². The number of aromatic amines is 1. The molecule has 0 aliphatic carbocycles. The molecule has 3 aromatic carbocycles. The van der Waals surface area contributed by atoms with E-state index in [0.717, 1.165) is 39.4 Å². The second kappa shape index (κ2) is 8.88. The van der Waals surface area contributed by atoms with E-state index in [2.05, 4.69) is 14.9 Å². The van der Waals surface area contributed by atoms with Crippen LogP contribution in [0, 0.1) is 5.82 Å². The summed E-state index contributed by atoms with van der Waals surface area (Å²) in [7, 11) is 3.67. The smallest absolute Gasteiger partial charge is 0.148 e. The van der Waals surface area contributed by atoms with E-state index in [1.54, 1.807) is 30.0 Å². The number of methoxy groups -OCH3 is 1. The van der Waals surface area contributed by atoms with Gasteiger partial charge in [-0.3, -0.25) is 4.90 Å². The monoisotopic (exact) mass is 441 g/mol. The molecule has 7 heteroatoms. The summed E-state index contributed by atoms with van der Waals surface area (Å²) in [6, 6.07) is 22.4. The number of aromatic nitrogens is 4. The number of ether oxygens (including phenoxy) is 1. The zero-order valence-electron chi connectivity index (χ0n) is 18.5. The van der Waals surface area contributed by atoms with Gasteiger partial charge in [-0.1, -0.05) is 24.3 Å².